The fraction of sp³-hybridized carbons (Fsp3) is 0.292. The fourth-order valence-electron chi connectivity index (χ4n) is 3.87. The van der Waals surface area contributed by atoms with E-state index in [2.05, 4.69) is 0 Å². The molecule has 1 saturated heterocycles. The minimum Gasteiger partial charge on any atom is -0.486 e. The Morgan fingerprint density at radius 2 is 1.94 bits per heavy atom. The van der Waals surface area contributed by atoms with Gasteiger partial charge in [-0.15, -0.1) is 0 Å². The summed E-state index contributed by atoms with van der Waals surface area (Å²) in [5.41, 5.74) is 0.932. The fourth-order valence-corrected chi connectivity index (χ4v) is 5.54. The second-order valence-corrected chi connectivity index (χ2v) is 9.60. The number of hydrogen-bond donors (Lipinski definition) is 0. The maximum absolute atomic E-state index is 13.2. The molecule has 0 spiro atoms. The largest absolute Gasteiger partial charge is 0.486 e. The van der Waals surface area contributed by atoms with Gasteiger partial charge >= 0.3 is 0 Å². The molecule has 1 atom stereocenters. The van der Waals surface area contributed by atoms with Crippen molar-refractivity contribution < 1.29 is 26.8 Å². The van der Waals surface area contributed by atoms with Gasteiger partial charge in [-0.3, -0.25) is 4.79 Å². The molecule has 0 bridgehead atoms. The van der Waals surface area contributed by atoms with E-state index in [9.17, 15) is 17.6 Å². The third kappa shape index (κ3) is 5.08. The van der Waals surface area contributed by atoms with E-state index < -0.39 is 21.9 Å². The second-order valence-electron chi connectivity index (χ2n) is 7.71. The molecule has 0 aliphatic carbocycles. The lowest BCUT2D eigenvalue weighted by molar-refractivity contribution is -0.122. The average molecular weight is 458 g/mol. The van der Waals surface area contributed by atoms with Gasteiger partial charge in [0, 0.05) is 13.0 Å². The Morgan fingerprint density at radius 1 is 1.12 bits per heavy atom. The molecule has 0 saturated carbocycles. The molecule has 6 nitrogen and oxygen atoms in total. The molecule has 3 aromatic rings. The molecular weight excluding hydrogens is 433 g/mol. The van der Waals surface area contributed by atoms with Crippen molar-refractivity contribution in [3.8, 4) is 5.75 Å². The van der Waals surface area contributed by atoms with Crippen molar-refractivity contribution in [1.29, 1.82) is 0 Å². The van der Waals surface area contributed by atoms with Crippen LogP contribution in [0.15, 0.2) is 76.2 Å². The number of nitrogens with zero attached hydrogens (tertiary/aromatic N) is 1. The number of sulfonamides is 1. The van der Waals surface area contributed by atoms with Crippen LogP contribution in [0, 0.1) is 5.82 Å². The van der Waals surface area contributed by atoms with Crippen molar-refractivity contribution in [3.05, 3.63) is 84.1 Å². The number of halogens is 1. The van der Waals surface area contributed by atoms with Crippen LogP contribution in [-0.2, 0) is 27.8 Å². The average Bonchev–Trinajstić information content (AvgIpc) is 3.49. The number of ketones is 1. The summed E-state index contributed by atoms with van der Waals surface area (Å²) < 4.78 is 51.4. The number of aryl methyl sites for hydroxylation is 1. The van der Waals surface area contributed by atoms with Gasteiger partial charge in [0.2, 0.25) is 10.0 Å². The first-order valence-corrected chi connectivity index (χ1v) is 11.9. The molecule has 8 heteroatoms. The van der Waals surface area contributed by atoms with E-state index >= 15 is 0 Å². The van der Waals surface area contributed by atoms with Crippen molar-refractivity contribution in [1.82, 2.24) is 4.31 Å². The van der Waals surface area contributed by atoms with Gasteiger partial charge in [0.1, 0.15) is 23.9 Å². The number of carbonyl (C=O) groups is 1. The molecule has 0 N–H and O–H groups in total. The van der Waals surface area contributed by atoms with E-state index in [-0.39, 0.29) is 23.6 Å². The van der Waals surface area contributed by atoms with E-state index in [0.717, 1.165) is 17.7 Å². The van der Waals surface area contributed by atoms with Gasteiger partial charge in [-0.1, -0.05) is 12.1 Å². The number of benzene rings is 2. The summed E-state index contributed by atoms with van der Waals surface area (Å²) in [7, 11) is -3.85. The van der Waals surface area contributed by atoms with Crippen LogP contribution < -0.4 is 4.74 Å². The van der Waals surface area contributed by atoms with Gasteiger partial charge in [0.15, 0.2) is 5.78 Å². The van der Waals surface area contributed by atoms with Gasteiger partial charge < -0.3 is 9.15 Å². The zero-order valence-electron chi connectivity index (χ0n) is 17.4. The van der Waals surface area contributed by atoms with Crippen LogP contribution >= 0.6 is 0 Å². The minimum atomic E-state index is -3.85. The molecule has 32 heavy (non-hydrogen) atoms. The third-order valence-electron chi connectivity index (χ3n) is 5.52. The van der Waals surface area contributed by atoms with Crippen LogP contribution in [0.5, 0.6) is 5.75 Å². The predicted octanol–water partition coefficient (Wildman–Crippen LogP) is 4.35. The molecule has 1 aliphatic rings. The van der Waals surface area contributed by atoms with Gasteiger partial charge in [-0.05, 0) is 73.4 Å². The lowest BCUT2D eigenvalue weighted by Crippen LogP contribution is -2.40. The van der Waals surface area contributed by atoms with E-state index in [1.807, 2.05) is 30.3 Å². The standard InChI is InChI=1S/C24H24FNO5S/c25-19-9-11-22(12-10-19)32(28,29)26-14-2-7-23(26)24(27)13-8-18-4-1-5-20(16-18)31-17-21-6-3-15-30-21/h1,3-6,9-12,15-16,23H,2,7-8,13-14,17H2/t23-/m0/s1. The maximum Gasteiger partial charge on any atom is 0.243 e. The monoisotopic (exact) mass is 457 g/mol. The van der Waals surface area contributed by atoms with E-state index in [4.69, 9.17) is 9.15 Å². The number of furan rings is 1. The molecule has 1 aliphatic heterocycles. The molecule has 4 rings (SSSR count). The maximum atomic E-state index is 13.2. The first kappa shape index (κ1) is 22.2. The normalized spacial score (nSPS) is 16.8. The van der Waals surface area contributed by atoms with Crippen LogP contribution in [0.3, 0.4) is 0 Å². The molecule has 1 aromatic heterocycles. The van der Waals surface area contributed by atoms with Crippen LogP contribution in [0.2, 0.25) is 0 Å². The summed E-state index contributed by atoms with van der Waals surface area (Å²) in [5.74, 6) is 0.769. The van der Waals surface area contributed by atoms with Crippen LogP contribution in [0.1, 0.15) is 30.6 Å². The summed E-state index contributed by atoms with van der Waals surface area (Å²) in [6.07, 6.45) is 3.40. The molecule has 2 aromatic carbocycles. The van der Waals surface area contributed by atoms with Crippen molar-refractivity contribution in [2.45, 2.75) is 43.2 Å². The highest BCUT2D eigenvalue weighted by Gasteiger charge is 2.38. The summed E-state index contributed by atoms with van der Waals surface area (Å²) in [4.78, 5) is 12.9. The predicted molar refractivity (Wildman–Crippen MR) is 116 cm³/mol. The zero-order valence-corrected chi connectivity index (χ0v) is 18.3. The Morgan fingerprint density at radius 3 is 2.69 bits per heavy atom. The Labute approximate surface area is 186 Å². The Kier molecular flexibility index (Phi) is 6.72. The van der Waals surface area contributed by atoms with Gasteiger partial charge in [0.05, 0.1) is 17.2 Å². The van der Waals surface area contributed by atoms with Crippen LogP contribution in [0.4, 0.5) is 4.39 Å². The highest BCUT2D eigenvalue weighted by atomic mass is 32.2. The van der Waals surface area contributed by atoms with Crippen molar-refractivity contribution in [2.75, 3.05) is 6.54 Å². The Balaban J connectivity index is 1.38. The summed E-state index contributed by atoms with van der Waals surface area (Å²) in [6, 6.07) is 15.1. The molecule has 0 amide bonds. The lowest BCUT2D eigenvalue weighted by Gasteiger charge is -2.23. The van der Waals surface area contributed by atoms with E-state index in [1.54, 1.807) is 12.3 Å². The zero-order chi connectivity index (χ0) is 22.6. The third-order valence-corrected chi connectivity index (χ3v) is 7.44. The molecule has 0 radical (unpaired) electrons. The van der Waals surface area contributed by atoms with E-state index in [0.29, 0.717) is 37.4 Å². The first-order chi connectivity index (χ1) is 15.4. The highest BCUT2D eigenvalue weighted by Crippen LogP contribution is 2.28. The Bertz CT molecular complexity index is 1160. The summed E-state index contributed by atoms with van der Waals surface area (Å²) >= 11 is 0. The molecule has 168 valence electrons. The van der Waals surface area contributed by atoms with E-state index in [1.165, 1.54) is 16.4 Å². The summed E-state index contributed by atoms with van der Waals surface area (Å²) in [5, 5.41) is 0. The minimum absolute atomic E-state index is 0.00000645. The van der Waals surface area contributed by atoms with Gasteiger partial charge in [-0.2, -0.15) is 4.31 Å². The molecular formula is C24H24FNO5S. The number of hydrogen-bond acceptors (Lipinski definition) is 5. The second kappa shape index (κ2) is 9.67. The van der Waals surface area contributed by atoms with Crippen molar-refractivity contribution in [3.63, 3.8) is 0 Å². The number of rotatable bonds is 9. The SMILES string of the molecule is O=C(CCc1cccc(OCc2ccco2)c1)[C@@H]1CCCN1S(=O)(=O)c1ccc(F)cc1. The highest BCUT2D eigenvalue weighted by molar-refractivity contribution is 7.89. The molecule has 1 fully saturated rings. The smallest absolute Gasteiger partial charge is 0.243 e. The lowest BCUT2D eigenvalue weighted by atomic mass is 10.0. The number of Topliss-reactive ketones (excluding diaryl/α,β-unsaturated/α-hetero) is 1. The van der Waals surface area contributed by atoms with Crippen molar-refractivity contribution >= 4 is 15.8 Å². The Hall–Kier alpha value is -2.97. The van der Waals surface area contributed by atoms with Crippen molar-refractivity contribution in [2.24, 2.45) is 0 Å². The van der Waals surface area contributed by atoms with Gasteiger partial charge in [0.25, 0.3) is 0 Å². The topological polar surface area (TPSA) is 76.8 Å². The number of ether oxygens (including phenoxy) is 1. The van der Waals surface area contributed by atoms with Crippen LogP contribution in [0.25, 0.3) is 0 Å². The quantitative estimate of drug-likeness (QED) is 0.477. The molecule has 2 heterocycles. The first-order valence-electron chi connectivity index (χ1n) is 10.5. The van der Waals surface area contributed by atoms with Crippen LogP contribution in [-0.4, -0.2) is 31.1 Å². The van der Waals surface area contributed by atoms with Gasteiger partial charge in [-0.25, -0.2) is 12.8 Å². The summed E-state index contributed by atoms with van der Waals surface area (Å²) in [6.45, 7) is 0.597. The number of carbonyl (C=O) groups excluding carboxylic acids is 1. The molecule has 0 unspecified atom stereocenters.